The summed E-state index contributed by atoms with van der Waals surface area (Å²) in [6, 6.07) is 3.95. The van der Waals surface area contributed by atoms with Crippen LogP contribution in [-0.4, -0.2) is 47.4 Å². The van der Waals surface area contributed by atoms with E-state index in [0.29, 0.717) is 6.61 Å². The number of hydrogen-bond donors (Lipinski definition) is 1. The van der Waals surface area contributed by atoms with Crippen LogP contribution in [0, 0.1) is 0 Å². The summed E-state index contributed by atoms with van der Waals surface area (Å²) < 4.78 is 8.48. The van der Waals surface area contributed by atoms with Crippen molar-refractivity contribution in [2.24, 2.45) is 12.0 Å². The van der Waals surface area contributed by atoms with Crippen LogP contribution in [0.5, 0.6) is 0 Å². The van der Waals surface area contributed by atoms with Crippen molar-refractivity contribution in [3.8, 4) is 0 Å². The molecule has 0 radical (unpaired) electrons. The predicted octanol–water partition coefficient (Wildman–Crippen LogP) is 2.28. The van der Waals surface area contributed by atoms with Gasteiger partial charge in [0.25, 0.3) is 0 Å². The predicted molar refractivity (Wildman–Crippen MR) is 93.0 cm³/mol. The number of rotatable bonds is 3. The van der Waals surface area contributed by atoms with Crippen molar-refractivity contribution in [1.82, 2.24) is 20.0 Å². The Morgan fingerprint density at radius 1 is 1.57 bits per heavy atom. The summed E-state index contributed by atoms with van der Waals surface area (Å²) >= 11 is 7.55. The molecule has 1 atom stereocenters. The molecule has 1 aliphatic rings. The van der Waals surface area contributed by atoms with E-state index in [4.69, 9.17) is 16.3 Å². The fraction of sp³-hybridized carbons (Fsp3) is 0.467. The van der Waals surface area contributed by atoms with E-state index in [2.05, 4.69) is 20.3 Å². The van der Waals surface area contributed by atoms with Crippen LogP contribution in [0.15, 0.2) is 29.5 Å². The summed E-state index contributed by atoms with van der Waals surface area (Å²) in [5, 5.41) is 7.62. The molecule has 124 valence electrons. The van der Waals surface area contributed by atoms with Crippen LogP contribution >= 0.6 is 22.9 Å². The van der Waals surface area contributed by atoms with Gasteiger partial charge < -0.3 is 15.0 Å². The Balaban J connectivity index is 1.61. The Labute approximate surface area is 144 Å². The van der Waals surface area contributed by atoms with Gasteiger partial charge in [0.2, 0.25) is 0 Å². The minimum atomic E-state index is 0.0205. The highest BCUT2D eigenvalue weighted by molar-refractivity contribution is 7.16. The summed E-state index contributed by atoms with van der Waals surface area (Å²) in [5.74, 6) is 0.881. The van der Waals surface area contributed by atoms with Crippen molar-refractivity contribution in [3.63, 3.8) is 0 Å². The minimum Gasteiger partial charge on any atom is -0.370 e. The lowest BCUT2D eigenvalue weighted by atomic mass is 10.1. The Kier molecular flexibility index (Phi) is 5.20. The molecule has 0 bridgehead atoms. The molecule has 2 aromatic rings. The number of thiophene rings is 1. The molecule has 3 rings (SSSR count). The van der Waals surface area contributed by atoms with Crippen LogP contribution in [0.4, 0.5) is 0 Å². The van der Waals surface area contributed by atoms with Crippen molar-refractivity contribution in [2.75, 3.05) is 26.7 Å². The van der Waals surface area contributed by atoms with Crippen LogP contribution in [0.25, 0.3) is 0 Å². The first kappa shape index (κ1) is 16.3. The first-order chi connectivity index (χ1) is 11.2. The molecule has 1 saturated heterocycles. The summed E-state index contributed by atoms with van der Waals surface area (Å²) in [4.78, 5) is 7.80. The maximum Gasteiger partial charge on any atom is 0.194 e. The molecular formula is C15H20ClN5OS. The van der Waals surface area contributed by atoms with Gasteiger partial charge in [-0.05, 0) is 12.1 Å². The molecule has 0 aliphatic carbocycles. The van der Waals surface area contributed by atoms with Gasteiger partial charge in [0, 0.05) is 37.3 Å². The van der Waals surface area contributed by atoms with E-state index in [1.807, 2.05) is 31.6 Å². The number of nitrogens with zero attached hydrogens (tertiary/aromatic N) is 4. The van der Waals surface area contributed by atoms with E-state index in [1.54, 1.807) is 23.1 Å². The van der Waals surface area contributed by atoms with E-state index >= 15 is 0 Å². The highest BCUT2D eigenvalue weighted by Gasteiger charge is 2.25. The molecule has 2 aromatic heterocycles. The standard InChI is InChI=1S/C15H20ClN5OS/c1-17-15(18-8-12-3-4-14(16)23-12)21-5-6-22-13(10-21)11-7-19-20(2)9-11/h3-4,7,9,13H,5-6,8,10H2,1-2H3,(H,17,18). The zero-order chi connectivity index (χ0) is 16.2. The molecule has 8 heteroatoms. The van der Waals surface area contributed by atoms with Gasteiger partial charge in [-0.2, -0.15) is 5.10 Å². The number of guanidine groups is 1. The fourth-order valence-electron chi connectivity index (χ4n) is 2.59. The van der Waals surface area contributed by atoms with Crippen LogP contribution < -0.4 is 5.32 Å². The SMILES string of the molecule is CN=C(NCc1ccc(Cl)s1)N1CCOC(c2cnn(C)c2)C1. The topological polar surface area (TPSA) is 54.7 Å². The Bertz CT molecular complexity index is 683. The van der Waals surface area contributed by atoms with Gasteiger partial charge in [0.15, 0.2) is 5.96 Å². The zero-order valence-corrected chi connectivity index (χ0v) is 14.8. The molecule has 0 saturated carbocycles. The number of aromatic nitrogens is 2. The molecule has 0 aromatic carbocycles. The van der Waals surface area contributed by atoms with Crippen molar-refractivity contribution < 1.29 is 4.74 Å². The Morgan fingerprint density at radius 3 is 3.09 bits per heavy atom. The monoisotopic (exact) mass is 353 g/mol. The number of ether oxygens (including phenoxy) is 1. The van der Waals surface area contributed by atoms with E-state index in [-0.39, 0.29) is 6.10 Å². The third-order valence-electron chi connectivity index (χ3n) is 3.72. The number of hydrogen-bond acceptors (Lipinski definition) is 4. The maximum atomic E-state index is 5.97. The van der Waals surface area contributed by atoms with E-state index < -0.39 is 0 Å². The summed E-state index contributed by atoms with van der Waals surface area (Å²) in [7, 11) is 3.72. The van der Waals surface area contributed by atoms with Gasteiger partial charge in [-0.1, -0.05) is 11.6 Å². The molecule has 1 N–H and O–H groups in total. The molecule has 3 heterocycles. The molecule has 0 amide bonds. The molecule has 1 fully saturated rings. The maximum absolute atomic E-state index is 5.97. The number of morpholine rings is 1. The van der Waals surface area contributed by atoms with Crippen LogP contribution in [0.2, 0.25) is 4.34 Å². The molecular weight excluding hydrogens is 334 g/mol. The molecule has 23 heavy (non-hydrogen) atoms. The molecule has 6 nitrogen and oxygen atoms in total. The van der Waals surface area contributed by atoms with E-state index in [9.17, 15) is 0 Å². The first-order valence-corrected chi connectivity index (χ1v) is 8.65. The lowest BCUT2D eigenvalue weighted by Gasteiger charge is -2.34. The summed E-state index contributed by atoms with van der Waals surface area (Å²) in [5.41, 5.74) is 1.10. The largest absolute Gasteiger partial charge is 0.370 e. The molecule has 1 unspecified atom stereocenters. The van der Waals surface area contributed by atoms with Crippen LogP contribution in [-0.2, 0) is 18.3 Å². The van der Waals surface area contributed by atoms with E-state index in [1.165, 1.54) is 4.88 Å². The van der Waals surface area contributed by atoms with Gasteiger partial charge in [-0.25, -0.2) is 0 Å². The lowest BCUT2D eigenvalue weighted by molar-refractivity contribution is -0.00804. The smallest absolute Gasteiger partial charge is 0.194 e. The molecule has 1 aliphatic heterocycles. The average molecular weight is 354 g/mol. The van der Waals surface area contributed by atoms with Crippen molar-refractivity contribution in [2.45, 2.75) is 12.6 Å². The third-order valence-corrected chi connectivity index (χ3v) is 4.96. The van der Waals surface area contributed by atoms with Crippen molar-refractivity contribution in [3.05, 3.63) is 39.3 Å². The van der Waals surface area contributed by atoms with Gasteiger partial charge in [-0.15, -0.1) is 11.3 Å². The van der Waals surface area contributed by atoms with Crippen molar-refractivity contribution in [1.29, 1.82) is 0 Å². The third kappa shape index (κ3) is 4.04. The van der Waals surface area contributed by atoms with Gasteiger partial charge in [0.05, 0.1) is 30.2 Å². The van der Waals surface area contributed by atoms with Crippen LogP contribution in [0.1, 0.15) is 16.5 Å². The number of nitrogens with one attached hydrogen (secondary N) is 1. The Hall–Kier alpha value is -1.57. The van der Waals surface area contributed by atoms with Gasteiger partial charge >= 0.3 is 0 Å². The summed E-state index contributed by atoms with van der Waals surface area (Å²) in [6.07, 6.45) is 3.88. The minimum absolute atomic E-state index is 0.0205. The first-order valence-electron chi connectivity index (χ1n) is 7.45. The second-order valence-electron chi connectivity index (χ2n) is 5.36. The highest BCUT2D eigenvalue weighted by Crippen LogP contribution is 2.23. The fourth-order valence-corrected chi connectivity index (χ4v) is 3.62. The lowest BCUT2D eigenvalue weighted by Crippen LogP contribution is -2.47. The van der Waals surface area contributed by atoms with Crippen LogP contribution in [0.3, 0.4) is 0 Å². The normalized spacial score (nSPS) is 19.2. The highest BCUT2D eigenvalue weighted by atomic mass is 35.5. The zero-order valence-electron chi connectivity index (χ0n) is 13.2. The average Bonchev–Trinajstić information content (AvgIpc) is 3.17. The second kappa shape index (κ2) is 7.33. The van der Waals surface area contributed by atoms with Gasteiger partial charge in [-0.3, -0.25) is 9.67 Å². The number of aryl methyl sites for hydroxylation is 1. The summed E-state index contributed by atoms with van der Waals surface area (Å²) in [6.45, 7) is 2.97. The van der Waals surface area contributed by atoms with E-state index in [0.717, 1.165) is 35.5 Å². The second-order valence-corrected chi connectivity index (χ2v) is 7.16. The Morgan fingerprint density at radius 2 is 2.43 bits per heavy atom. The van der Waals surface area contributed by atoms with Gasteiger partial charge in [0.1, 0.15) is 6.10 Å². The quantitative estimate of drug-likeness (QED) is 0.679. The number of aliphatic imine (C=N–C) groups is 1. The molecule has 0 spiro atoms. The number of halogens is 1. The van der Waals surface area contributed by atoms with Crippen molar-refractivity contribution >= 4 is 28.9 Å².